The molecule has 0 aliphatic carbocycles. The molecule has 5 nitrogen and oxygen atoms in total. The lowest BCUT2D eigenvalue weighted by atomic mass is 10.2. The number of benzene rings is 1. The molecule has 0 unspecified atom stereocenters. The molecule has 144 valence electrons. The molecule has 3 rings (SSSR count). The first kappa shape index (κ1) is 19.2. The van der Waals surface area contributed by atoms with Gasteiger partial charge >= 0.3 is 6.18 Å². The van der Waals surface area contributed by atoms with E-state index in [0.717, 1.165) is 37.3 Å². The van der Waals surface area contributed by atoms with Crippen molar-refractivity contribution < 1.29 is 22.7 Å². The summed E-state index contributed by atoms with van der Waals surface area (Å²) in [6, 6.07) is 8.44. The zero-order valence-corrected chi connectivity index (χ0v) is 14.7. The minimum absolute atomic E-state index is 0.0355. The van der Waals surface area contributed by atoms with E-state index in [1.165, 1.54) is 12.1 Å². The topological polar surface area (TPSA) is 45.7 Å². The van der Waals surface area contributed by atoms with Crippen LogP contribution in [0.5, 0.6) is 5.75 Å². The first-order valence-electron chi connectivity index (χ1n) is 8.61. The Morgan fingerprint density at radius 2 is 1.89 bits per heavy atom. The summed E-state index contributed by atoms with van der Waals surface area (Å²) in [5.41, 5.74) is 0.321. The number of rotatable bonds is 5. The molecule has 1 aliphatic heterocycles. The van der Waals surface area contributed by atoms with Crippen LogP contribution in [0.1, 0.15) is 11.1 Å². The second-order valence-electron chi connectivity index (χ2n) is 6.33. The number of ether oxygens (including phenoxy) is 1. The molecule has 1 saturated heterocycles. The first-order chi connectivity index (χ1) is 12.9. The van der Waals surface area contributed by atoms with E-state index in [0.29, 0.717) is 13.1 Å². The van der Waals surface area contributed by atoms with Crippen molar-refractivity contribution >= 4 is 5.91 Å². The molecule has 1 aromatic heterocycles. The van der Waals surface area contributed by atoms with E-state index in [1.54, 1.807) is 11.1 Å². The minimum Gasteiger partial charge on any atom is -0.484 e. The molecule has 0 radical (unpaired) electrons. The van der Waals surface area contributed by atoms with E-state index in [9.17, 15) is 18.0 Å². The molecule has 0 spiro atoms. The van der Waals surface area contributed by atoms with Crippen molar-refractivity contribution in [2.24, 2.45) is 0 Å². The molecular weight excluding hydrogens is 359 g/mol. The number of alkyl halides is 3. The molecule has 1 fully saturated rings. The predicted octanol–water partition coefficient (Wildman–Crippen LogP) is 2.82. The SMILES string of the molecule is O=C(COc1cccc(C(F)(F)F)c1)N1CCN(Cc2cccnc2)CC1. The molecule has 0 N–H and O–H groups in total. The number of carbonyl (C=O) groups excluding carboxylic acids is 1. The number of pyridine rings is 1. The lowest BCUT2D eigenvalue weighted by Gasteiger charge is -2.34. The second kappa shape index (κ2) is 8.39. The molecule has 2 aromatic rings. The number of amides is 1. The van der Waals surface area contributed by atoms with Gasteiger partial charge in [0.1, 0.15) is 5.75 Å². The lowest BCUT2D eigenvalue weighted by Crippen LogP contribution is -2.49. The Morgan fingerprint density at radius 3 is 2.56 bits per heavy atom. The molecule has 0 bridgehead atoms. The standard InChI is InChI=1S/C19H20F3N3O2/c20-19(21,22)16-4-1-5-17(11-16)27-14-18(26)25-9-7-24(8-10-25)13-15-3-2-6-23-12-15/h1-6,11-12H,7-10,13-14H2. The molecule has 1 aromatic carbocycles. The number of piperazine rings is 1. The van der Waals surface area contributed by atoms with Crippen LogP contribution in [0.25, 0.3) is 0 Å². The van der Waals surface area contributed by atoms with Crippen LogP contribution in [-0.4, -0.2) is 53.5 Å². The van der Waals surface area contributed by atoms with Crippen LogP contribution in [0.4, 0.5) is 13.2 Å². The Kier molecular flexibility index (Phi) is 5.95. The maximum Gasteiger partial charge on any atom is 0.416 e. The summed E-state index contributed by atoms with van der Waals surface area (Å²) in [4.78, 5) is 20.3. The zero-order chi connectivity index (χ0) is 19.3. The molecule has 1 aliphatic rings. The quantitative estimate of drug-likeness (QED) is 0.802. The third kappa shape index (κ3) is 5.43. The molecule has 1 amide bonds. The van der Waals surface area contributed by atoms with Gasteiger partial charge in [-0.2, -0.15) is 13.2 Å². The highest BCUT2D eigenvalue weighted by molar-refractivity contribution is 5.77. The molecular formula is C19H20F3N3O2. The fourth-order valence-electron chi connectivity index (χ4n) is 2.90. The van der Waals surface area contributed by atoms with Gasteiger partial charge in [0.2, 0.25) is 0 Å². The Labute approximate surface area is 155 Å². The fourth-order valence-corrected chi connectivity index (χ4v) is 2.90. The predicted molar refractivity (Wildman–Crippen MR) is 93.0 cm³/mol. The summed E-state index contributed by atoms with van der Waals surface area (Å²) >= 11 is 0. The van der Waals surface area contributed by atoms with E-state index in [-0.39, 0.29) is 18.3 Å². The average Bonchev–Trinajstić information content (AvgIpc) is 2.67. The molecule has 27 heavy (non-hydrogen) atoms. The first-order valence-corrected chi connectivity index (χ1v) is 8.61. The van der Waals surface area contributed by atoms with Gasteiger partial charge in [0, 0.05) is 45.1 Å². The van der Waals surface area contributed by atoms with Gasteiger partial charge in [-0.1, -0.05) is 12.1 Å². The normalized spacial score (nSPS) is 15.6. The van der Waals surface area contributed by atoms with Crippen molar-refractivity contribution in [1.29, 1.82) is 0 Å². The Bertz CT molecular complexity index is 760. The smallest absolute Gasteiger partial charge is 0.416 e. The van der Waals surface area contributed by atoms with Gasteiger partial charge in [0.15, 0.2) is 6.61 Å². The molecule has 2 heterocycles. The molecule has 0 saturated carbocycles. The monoisotopic (exact) mass is 379 g/mol. The van der Waals surface area contributed by atoms with E-state index in [1.807, 2.05) is 18.3 Å². The average molecular weight is 379 g/mol. The maximum atomic E-state index is 12.7. The van der Waals surface area contributed by atoms with E-state index in [2.05, 4.69) is 9.88 Å². The zero-order valence-electron chi connectivity index (χ0n) is 14.7. The second-order valence-corrected chi connectivity index (χ2v) is 6.33. The van der Waals surface area contributed by atoms with Gasteiger partial charge in [-0.15, -0.1) is 0 Å². The highest BCUT2D eigenvalue weighted by atomic mass is 19.4. The minimum atomic E-state index is -4.44. The summed E-state index contributed by atoms with van der Waals surface area (Å²) in [5.74, 6) is -0.193. The van der Waals surface area contributed by atoms with Gasteiger partial charge in [-0.25, -0.2) is 0 Å². The van der Waals surface area contributed by atoms with Gasteiger partial charge in [0.25, 0.3) is 5.91 Å². The van der Waals surface area contributed by atoms with Gasteiger partial charge in [-0.05, 0) is 29.8 Å². The van der Waals surface area contributed by atoms with Crippen molar-refractivity contribution in [3.8, 4) is 5.75 Å². The van der Waals surface area contributed by atoms with Crippen molar-refractivity contribution in [2.75, 3.05) is 32.8 Å². The van der Waals surface area contributed by atoms with Crippen molar-refractivity contribution in [3.63, 3.8) is 0 Å². The number of aromatic nitrogens is 1. The number of halogens is 3. The number of nitrogens with zero attached hydrogens (tertiary/aromatic N) is 3. The van der Waals surface area contributed by atoms with Gasteiger partial charge in [0.05, 0.1) is 5.56 Å². The maximum absolute atomic E-state index is 12.7. The van der Waals surface area contributed by atoms with Crippen LogP contribution in [0.15, 0.2) is 48.8 Å². The van der Waals surface area contributed by atoms with Crippen LogP contribution in [0, 0.1) is 0 Å². The van der Waals surface area contributed by atoms with Crippen molar-refractivity contribution in [2.45, 2.75) is 12.7 Å². The molecule has 0 atom stereocenters. The highest BCUT2D eigenvalue weighted by Gasteiger charge is 2.30. The highest BCUT2D eigenvalue weighted by Crippen LogP contribution is 2.31. The Morgan fingerprint density at radius 1 is 1.11 bits per heavy atom. The Balaban J connectivity index is 1.46. The van der Waals surface area contributed by atoms with Crippen LogP contribution in [0.2, 0.25) is 0 Å². The summed E-state index contributed by atoms with van der Waals surface area (Å²) < 4.78 is 43.4. The summed E-state index contributed by atoms with van der Waals surface area (Å²) in [7, 11) is 0. The lowest BCUT2D eigenvalue weighted by molar-refractivity contribution is -0.137. The van der Waals surface area contributed by atoms with Crippen molar-refractivity contribution in [3.05, 3.63) is 59.9 Å². The summed E-state index contributed by atoms with van der Waals surface area (Å²) in [6.45, 7) is 3.07. The van der Waals surface area contributed by atoms with Gasteiger partial charge < -0.3 is 9.64 Å². The van der Waals surface area contributed by atoms with Crippen molar-refractivity contribution in [1.82, 2.24) is 14.8 Å². The number of carbonyl (C=O) groups is 1. The van der Waals surface area contributed by atoms with Crippen LogP contribution < -0.4 is 4.74 Å². The third-order valence-electron chi connectivity index (χ3n) is 4.38. The molecule has 8 heteroatoms. The summed E-state index contributed by atoms with van der Waals surface area (Å²) in [6.07, 6.45) is -0.890. The number of hydrogen-bond donors (Lipinski definition) is 0. The van der Waals surface area contributed by atoms with E-state index >= 15 is 0 Å². The number of hydrogen-bond acceptors (Lipinski definition) is 4. The fraction of sp³-hybridized carbons (Fsp3) is 0.368. The summed E-state index contributed by atoms with van der Waals surface area (Å²) in [5, 5.41) is 0. The van der Waals surface area contributed by atoms with Gasteiger partial charge in [-0.3, -0.25) is 14.7 Å². The third-order valence-corrected chi connectivity index (χ3v) is 4.38. The Hall–Kier alpha value is -2.61. The van der Waals surface area contributed by atoms with E-state index in [4.69, 9.17) is 4.74 Å². The van der Waals surface area contributed by atoms with E-state index < -0.39 is 11.7 Å². The van der Waals surface area contributed by atoms with Crippen LogP contribution in [-0.2, 0) is 17.5 Å². The van der Waals surface area contributed by atoms with Crippen LogP contribution in [0.3, 0.4) is 0 Å². The van der Waals surface area contributed by atoms with Crippen LogP contribution >= 0.6 is 0 Å². The largest absolute Gasteiger partial charge is 0.484 e.